The monoisotopic (exact) mass is 258 g/mol. The number of halogens is 1. The van der Waals surface area contributed by atoms with E-state index >= 15 is 0 Å². The van der Waals surface area contributed by atoms with Crippen molar-refractivity contribution in [2.75, 3.05) is 18.7 Å². The SMILES string of the molecule is CCOc1cc(CC(=O)CCl)ccc1SC. The standard InChI is InChI=1S/C12H15ClO2S/c1-3-15-11-7-9(6-10(14)8-13)4-5-12(11)16-2/h4-5,7H,3,6,8H2,1-2H3. The molecule has 0 radical (unpaired) electrons. The quantitative estimate of drug-likeness (QED) is 0.579. The molecule has 2 nitrogen and oxygen atoms in total. The molecule has 1 rings (SSSR count). The average Bonchev–Trinajstić information content (AvgIpc) is 2.30. The number of ether oxygens (including phenoxy) is 1. The van der Waals surface area contributed by atoms with E-state index in [0.717, 1.165) is 16.2 Å². The summed E-state index contributed by atoms with van der Waals surface area (Å²) in [5, 5.41) is 0. The lowest BCUT2D eigenvalue weighted by atomic mass is 10.1. The maximum atomic E-state index is 11.2. The summed E-state index contributed by atoms with van der Waals surface area (Å²) in [7, 11) is 0. The lowest BCUT2D eigenvalue weighted by molar-refractivity contribution is -0.116. The second-order valence-electron chi connectivity index (χ2n) is 3.27. The van der Waals surface area contributed by atoms with Crippen LogP contribution in [0.1, 0.15) is 12.5 Å². The molecular formula is C12H15ClO2S. The van der Waals surface area contributed by atoms with Crippen LogP contribution >= 0.6 is 23.4 Å². The fourth-order valence-corrected chi connectivity index (χ4v) is 1.99. The number of thioether (sulfide) groups is 1. The number of carbonyl (C=O) groups excluding carboxylic acids is 1. The van der Waals surface area contributed by atoms with E-state index in [1.165, 1.54) is 0 Å². The summed E-state index contributed by atoms with van der Waals surface area (Å²) in [4.78, 5) is 12.3. The molecule has 0 aliphatic heterocycles. The minimum Gasteiger partial charge on any atom is -0.493 e. The van der Waals surface area contributed by atoms with Crippen molar-refractivity contribution in [2.45, 2.75) is 18.2 Å². The largest absolute Gasteiger partial charge is 0.493 e. The van der Waals surface area contributed by atoms with Crippen molar-refractivity contribution in [3.8, 4) is 5.75 Å². The Morgan fingerprint density at radius 1 is 1.50 bits per heavy atom. The smallest absolute Gasteiger partial charge is 0.151 e. The predicted octanol–water partition coefficient (Wildman–Crippen LogP) is 3.16. The predicted molar refractivity (Wildman–Crippen MR) is 68.8 cm³/mol. The molecule has 0 bridgehead atoms. The van der Waals surface area contributed by atoms with E-state index in [1.54, 1.807) is 11.8 Å². The van der Waals surface area contributed by atoms with Gasteiger partial charge in [-0.2, -0.15) is 0 Å². The van der Waals surface area contributed by atoms with Gasteiger partial charge in [-0.1, -0.05) is 6.07 Å². The lowest BCUT2D eigenvalue weighted by Crippen LogP contribution is -2.04. The zero-order valence-electron chi connectivity index (χ0n) is 9.46. The molecule has 0 atom stereocenters. The van der Waals surface area contributed by atoms with Crippen LogP contribution in [0.5, 0.6) is 5.75 Å². The van der Waals surface area contributed by atoms with E-state index in [0.29, 0.717) is 13.0 Å². The van der Waals surface area contributed by atoms with Crippen LogP contribution in [0.2, 0.25) is 0 Å². The molecule has 0 spiro atoms. The molecule has 1 aromatic rings. The van der Waals surface area contributed by atoms with Crippen LogP contribution in [0, 0.1) is 0 Å². The van der Waals surface area contributed by atoms with Gasteiger partial charge >= 0.3 is 0 Å². The van der Waals surface area contributed by atoms with Crippen molar-refractivity contribution in [3.63, 3.8) is 0 Å². The van der Waals surface area contributed by atoms with Crippen molar-refractivity contribution in [3.05, 3.63) is 23.8 Å². The van der Waals surface area contributed by atoms with Gasteiger partial charge in [0.2, 0.25) is 0 Å². The molecule has 16 heavy (non-hydrogen) atoms. The number of alkyl halides is 1. The molecule has 0 N–H and O–H groups in total. The van der Waals surface area contributed by atoms with E-state index in [-0.39, 0.29) is 11.7 Å². The third-order valence-electron chi connectivity index (χ3n) is 2.08. The van der Waals surface area contributed by atoms with Crippen LogP contribution in [0.3, 0.4) is 0 Å². The Hall–Kier alpha value is -0.670. The number of hydrogen-bond donors (Lipinski definition) is 0. The molecule has 0 unspecified atom stereocenters. The van der Waals surface area contributed by atoms with Crippen molar-refractivity contribution < 1.29 is 9.53 Å². The summed E-state index contributed by atoms with van der Waals surface area (Å²) < 4.78 is 5.52. The molecule has 4 heteroatoms. The molecule has 0 fully saturated rings. The van der Waals surface area contributed by atoms with Crippen LogP contribution in [-0.2, 0) is 11.2 Å². The fraction of sp³-hybridized carbons (Fsp3) is 0.417. The summed E-state index contributed by atoms with van der Waals surface area (Å²) in [6.07, 6.45) is 2.37. The topological polar surface area (TPSA) is 26.3 Å². The Balaban J connectivity index is 2.88. The Morgan fingerprint density at radius 3 is 2.81 bits per heavy atom. The molecule has 0 saturated carbocycles. The van der Waals surface area contributed by atoms with Crippen molar-refractivity contribution in [2.24, 2.45) is 0 Å². The molecule has 0 aliphatic rings. The highest BCUT2D eigenvalue weighted by Gasteiger charge is 2.07. The van der Waals surface area contributed by atoms with Crippen molar-refractivity contribution >= 4 is 29.1 Å². The third-order valence-corrected chi connectivity index (χ3v) is 3.15. The van der Waals surface area contributed by atoms with Crippen LogP contribution < -0.4 is 4.74 Å². The van der Waals surface area contributed by atoms with Gasteiger partial charge in [-0.25, -0.2) is 0 Å². The summed E-state index contributed by atoms with van der Waals surface area (Å²) >= 11 is 7.11. The molecule has 1 aromatic carbocycles. The number of ketones is 1. The zero-order valence-corrected chi connectivity index (χ0v) is 11.0. The van der Waals surface area contributed by atoms with E-state index in [2.05, 4.69) is 0 Å². The molecular weight excluding hydrogens is 244 g/mol. The van der Waals surface area contributed by atoms with Crippen molar-refractivity contribution in [1.82, 2.24) is 0 Å². The first kappa shape index (κ1) is 13.4. The highest BCUT2D eigenvalue weighted by Crippen LogP contribution is 2.28. The molecule has 0 aliphatic carbocycles. The molecule has 0 heterocycles. The second-order valence-corrected chi connectivity index (χ2v) is 4.38. The summed E-state index contributed by atoms with van der Waals surface area (Å²) in [6, 6.07) is 5.84. The van der Waals surface area contributed by atoms with E-state index < -0.39 is 0 Å². The van der Waals surface area contributed by atoms with Crippen LogP contribution in [0.4, 0.5) is 0 Å². The highest BCUT2D eigenvalue weighted by molar-refractivity contribution is 7.98. The van der Waals surface area contributed by atoms with Crippen molar-refractivity contribution in [1.29, 1.82) is 0 Å². The Bertz CT molecular complexity index is 366. The zero-order chi connectivity index (χ0) is 12.0. The lowest BCUT2D eigenvalue weighted by Gasteiger charge is -2.10. The Labute approximate surface area is 105 Å². The summed E-state index contributed by atoms with van der Waals surface area (Å²) in [5.41, 5.74) is 0.951. The molecule has 0 amide bonds. The van der Waals surface area contributed by atoms with Gasteiger partial charge in [0.05, 0.1) is 12.5 Å². The van der Waals surface area contributed by atoms with Crippen LogP contribution in [-0.4, -0.2) is 24.5 Å². The highest BCUT2D eigenvalue weighted by atomic mass is 35.5. The first-order chi connectivity index (χ1) is 7.71. The number of hydrogen-bond acceptors (Lipinski definition) is 3. The molecule has 0 aromatic heterocycles. The van der Waals surface area contributed by atoms with Gasteiger partial charge in [-0.15, -0.1) is 23.4 Å². The average molecular weight is 259 g/mol. The van der Waals surface area contributed by atoms with Gasteiger partial charge in [-0.3, -0.25) is 4.79 Å². The normalized spacial score (nSPS) is 10.2. The summed E-state index contributed by atoms with van der Waals surface area (Å²) in [5.74, 6) is 0.935. The fourth-order valence-electron chi connectivity index (χ4n) is 1.37. The number of benzene rings is 1. The third kappa shape index (κ3) is 3.72. The summed E-state index contributed by atoms with van der Waals surface area (Å²) in [6.45, 7) is 2.57. The molecule has 88 valence electrons. The number of rotatable bonds is 6. The Morgan fingerprint density at radius 2 is 2.25 bits per heavy atom. The van der Waals surface area contributed by atoms with E-state index in [1.807, 2.05) is 31.4 Å². The Kier molecular flexibility index (Phi) is 5.71. The first-order valence-electron chi connectivity index (χ1n) is 5.08. The van der Waals surface area contributed by atoms with Gasteiger partial charge in [0, 0.05) is 11.3 Å². The van der Waals surface area contributed by atoms with Gasteiger partial charge in [0.1, 0.15) is 5.75 Å². The number of carbonyl (C=O) groups is 1. The van der Waals surface area contributed by atoms with E-state index in [4.69, 9.17) is 16.3 Å². The van der Waals surface area contributed by atoms with Gasteiger partial charge in [0.15, 0.2) is 5.78 Å². The molecule has 0 saturated heterocycles. The van der Waals surface area contributed by atoms with Gasteiger partial charge in [-0.05, 0) is 30.9 Å². The van der Waals surface area contributed by atoms with E-state index in [9.17, 15) is 4.79 Å². The van der Waals surface area contributed by atoms with Crippen LogP contribution in [0.15, 0.2) is 23.1 Å². The van der Waals surface area contributed by atoms with Gasteiger partial charge in [0.25, 0.3) is 0 Å². The number of Topliss-reactive ketones (excluding diaryl/α,β-unsaturated/α-hetero) is 1. The first-order valence-corrected chi connectivity index (χ1v) is 6.84. The minimum absolute atomic E-state index is 0.0287. The minimum atomic E-state index is 0.0287. The van der Waals surface area contributed by atoms with Gasteiger partial charge < -0.3 is 4.74 Å². The maximum Gasteiger partial charge on any atom is 0.151 e. The van der Waals surface area contributed by atoms with Crippen LogP contribution in [0.25, 0.3) is 0 Å². The maximum absolute atomic E-state index is 11.2. The second kappa shape index (κ2) is 6.81.